The van der Waals surface area contributed by atoms with Crippen LogP contribution in [0.5, 0.6) is 5.75 Å². The van der Waals surface area contributed by atoms with Gasteiger partial charge in [0, 0.05) is 17.1 Å². The molecule has 0 saturated carbocycles. The molecule has 2 rings (SSSR count). The first-order chi connectivity index (χ1) is 9.40. The van der Waals surface area contributed by atoms with Crippen LogP contribution in [-0.2, 0) is 22.1 Å². The van der Waals surface area contributed by atoms with Crippen LogP contribution in [0.1, 0.15) is 18.6 Å². The van der Waals surface area contributed by atoms with Crippen molar-refractivity contribution >= 4 is 19.7 Å². The lowest BCUT2D eigenvalue weighted by molar-refractivity contribution is 0.237. The number of hydrogen-bond acceptors (Lipinski definition) is 6. The zero-order valence-electron chi connectivity index (χ0n) is 10.3. The van der Waals surface area contributed by atoms with Gasteiger partial charge in [-0.05, 0) is 18.2 Å². The third-order valence-corrected chi connectivity index (χ3v) is 3.69. The number of nitrogens with zero attached hydrogens (tertiary/aromatic N) is 2. The average Bonchev–Trinajstić information content (AvgIpc) is 2.84. The van der Waals surface area contributed by atoms with Gasteiger partial charge in [0.15, 0.2) is 12.4 Å². The summed E-state index contributed by atoms with van der Waals surface area (Å²) < 4.78 is 45.9. The highest BCUT2D eigenvalue weighted by Crippen LogP contribution is 2.28. The second-order valence-electron chi connectivity index (χ2n) is 3.78. The zero-order chi connectivity index (χ0) is 14.8. The van der Waals surface area contributed by atoms with E-state index in [1.807, 2.05) is 6.92 Å². The maximum Gasteiger partial charge on any atom is 0.265 e. The molecule has 0 fully saturated rings. The van der Waals surface area contributed by atoms with Crippen LogP contribution in [-0.4, -0.2) is 18.6 Å². The average molecular weight is 321 g/mol. The van der Waals surface area contributed by atoms with Crippen molar-refractivity contribution in [3.63, 3.8) is 0 Å². The summed E-state index contributed by atoms with van der Waals surface area (Å²) in [7, 11) is 1.10. The summed E-state index contributed by atoms with van der Waals surface area (Å²) in [6, 6.07) is 3.01. The van der Waals surface area contributed by atoms with Gasteiger partial charge < -0.3 is 9.26 Å². The summed E-state index contributed by atoms with van der Waals surface area (Å²) in [5, 5.41) is 3.66. The third kappa shape index (κ3) is 3.45. The number of aromatic nitrogens is 2. The lowest BCUT2D eigenvalue weighted by Gasteiger charge is -2.07. The van der Waals surface area contributed by atoms with E-state index in [1.165, 1.54) is 6.07 Å². The fourth-order valence-corrected chi connectivity index (χ4v) is 2.41. The molecule has 0 aliphatic heterocycles. The summed E-state index contributed by atoms with van der Waals surface area (Å²) >= 11 is 0. The molecular formula is C11H10ClFN2O4S. The number of ether oxygens (including phenoxy) is 1. The molecule has 2 aromatic rings. The van der Waals surface area contributed by atoms with Gasteiger partial charge in [-0.25, -0.2) is 12.8 Å². The maximum absolute atomic E-state index is 13.1. The Hall–Kier alpha value is -1.67. The summed E-state index contributed by atoms with van der Waals surface area (Å²) in [4.78, 5) is 3.54. The normalized spacial score (nSPS) is 11.6. The molecule has 0 aliphatic carbocycles. The molecule has 108 valence electrons. The minimum absolute atomic E-state index is 0.0855. The lowest BCUT2D eigenvalue weighted by Crippen LogP contribution is -2.01. The van der Waals surface area contributed by atoms with Gasteiger partial charge in [-0.2, -0.15) is 4.98 Å². The summed E-state index contributed by atoms with van der Waals surface area (Å²) in [6.45, 7) is 1.71. The summed E-state index contributed by atoms with van der Waals surface area (Å²) in [5.41, 5.74) is 0. The molecule has 1 heterocycles. The van der Waals surface area contributed by atoms with Crippen molar-refractivity contribution in [3.8, 4) is 5.75 Å². The Morgan fingerprint density at radius 3 is 2.80 bits per heavy atom. The number of hydrogen-bond donors (Lipinski definition) is 0. The Kier molecular flexibility index (Phi) is 4.24. The van der Waals surface area contributed by atoms with Crippen LogP contribution >= 0.6 is 10.7 Å². The zero-order valence-corrected chi connectivity index (χ0v) is 11.9. The van der Waals surface area contributed by atoms with Gasteiger partial charge in [0.25, 0.3) is 14.9 Å². The Morgan fingerprint density at radius 1 is 1.45 bits per heavy atom. The van der Waals surface area contributed by atoms with E-state index in [9.17, 15) is 12.8 Å². The smallest absolute Gasteiger partial charge is 0.265 e. The summed E-state index contributed by atoms with van der Waals surface area (Å²) in [5.74, 6) is -0.128. The maximum atomic E-state index is 13.1. The van der Waals surface area contributed by atoms with Crippen molar-refractivity contribution in [2.45, 2.75) is 24.8 Å². The Balaban J connectivity index is 2.21. The first kappa shape index (κ1) is 14.7. The van der Waals surface area contributed by atoms with Crippen LogP contribution in [0.2, 0.25) is 0 Å². The first-order valence-corrected chi connectivity index (χ1v) is 7.89. The quantitative estimate of drug-likeness (QED) is 0.786. The molecule has 20 heavy (non-hydrogen) atoms. The number of aryl methyl sites for hydroxylation is 1. The van der Waals surface area contributed by atoms with E-state index >= 15 is 0 Å². The number of benzene rings is 1. The Labute approximate surface area is 118 Å². The van der Waals surface area contributed by atoms with E-state index in [0.29, 0.717) is 12.2 Å². The molecule has 0 unspecified atom stereocenters. The minimum atomic E-state index is -4.12. The van der Waals surface area contributed by atoms with Gasteiger partial charge in [-0.1, -0.05) is 12.1 Å². The van der Waals surface area contributed by atoms with Crippen molar-refractivity contribution in [3.05, 3.63) is 35.7 Å². The van der Waals surface area contributed by atoms with E-state index in [4.69, 9.17) is 19.9 Å². The van der Waals surface area contributed by atoms with E-state index < -0.39 is 19.8 Å². The van der Waals surface area contributed by atoms with Gasteiger partial charge in [-0.3, -0.25) is 0 Å². The molecule has 0 N–H and O–H groups in total. The van der Waals surface area contributed by atoms with Crippen LogP contribution in [0.25, 0.3) is 0 Å². The predicted molar refractivity (Wildman–Crippen MR) is 67.4 cm³/mol. The van der Waals surface area contributed by atoms with Crippen LogP contribution < -0.4 is 4.74 Å². The van der Waals surface area contributed by atoms with Gasteiger partial charge in [0.05, 0.1) is 0 Å². The van der Waals surface area contributed by atoms with Gasteiger partial charge in [0.1, 0.15) is 16.5 Å². The monoisotopic (exact) mass is 320 g/mol. The standard InChI is InChI=1S/C11H10ClFN2O4S/c1-2-10-14-11(19-15-10)6-18-8-4-3-7(13)5-9(8)20(12,16)17/h3-5H,2,6H2,1H3. The van der Waals surface area contributed by atoms with E-state index in [-0.39, 0.29) is 18.2 Å². The highest BCUT2D eigenvalue weighted by atomic mass is 35.7. The highest BCUT2D eigenvalue weighted by molar-refractivity contribution is 8.13. The van der Waals surface area contributed by atoms with Gasteiger partial charge in [0.2, 0.25) is 0 Å². The molecular weight excluding hydrogens is 311 g/mol. The van der Waals surface area contributed by atoms with E-state index in [0.717, 1.165) is 12.1 Å². The van der Waals surface area contributed by atoms with Crippen molar-refractivity contribution < 1.29 is 22.1 Å². The van der Waals surface area contributed by atoms with Gasteiger partial charge in [-0.15, -0.1) is 0 Å². The van der Waals surface area contributed by atoms with Crippen LogP contribution in [0.4, 0.5) is 4.39 Å². The molecule has 0 saturated heterocycles. The summed E-state index contributed by atoms with van der Waals surface area (Å²) in [6.07, 6.45) is 0.599. The topological polar surface area (TPSA) is 82.3 Å². The van der Waals surface area contributed by atoms with E-state index in [2.05, 4.69) is 10.1 Å². The van der Waals surface area contributed by atoms with Crippen LogP contribution in [0.15, 0.2) is 27.6 Å². The van der Waals surface area contributed by atoms with Gasteiger partial charge >= 0.3 is 0 Å². The molecule has 0 radical (unpaired) electrons. The van der Waals surface area contributed by atoms with Crippen molar-refractivity contribution in [2.24, 2.45) is 0 Å². The van der Waals surface area contributed by atoms with Crippen molar-refractivity contribution in [1.29, 1.82) is 0 Å². The number of halogens is 2. The SMILES string of the molecule is CCc1noc(COc2ccc(F)cc2S(=O)(=O)Cl)n1. The lowest BCUT2D eigenvalue weighted by atomic mass is 10.3. The molecule has 0 aliphatic rings. The number of rotatable bonds is 5. The van der Waals surface area contributed by atoms with E-state index in [1.54, 1.807) is 0 Å². The predicted octanol–water partition coefficient (Wildman–Crippen LogP) is 2.28. The minimum Gasteiger partial charge on any atom is -0.482 e. The second-order valence-corrected chi connectivity index (χ2v) is 6.31. The van der Waals surface area contributed by atoms with Crippen molar-refractivity contribution in [1.82, 2.24) is 10.1 Å². The third-order valence-electron chi connectivity index (χ3n) is 2.35. The molecule has 0 spiro atoms. The Bertz CT molecular complexity index is 717. The largest absolute Gasteiger partial charge is 0.482 e. The highest BCUT2D eigenvalue weighted by Gasteiger charge is 2.19. The molecule has 1 aromatic heterocycles. The molecule has 6 nitrogen and oxygen atoms in total. The molecule has 0 amide bonds. The van der Waals surface area contributed by atoms with Crippen LogP contribution in [0.3, 0.4) is 0 Å². The molecule has 0 bridgehead atoms. The first-order valence-electron chi connectivity index (χ1n) is 5.58. The Morgan fingerprint density at radius 2 is 2.20 bits per heavy atom. The van der Waals surface area contributed by atoms with Crippen molar-refractivity contribution in [2.75, 3.05) is 0 Å². The fraction of sp³-hybridized carbons (Fsp3) is 0.273. The molecule has 0 atom stereocenters. The second kappa shape index (κ2) is 5.76. The molecule has 1 aromatic carbocycles. The molecule has 9 heteroatoms. The fourth-order valence-electron chi connectivity index (χ4n) is 1.42. The van der Waals surface area contributed by atoms with Crippen LogP contribution in [0, 0.1) is 5.82 Å².